The van der Waals surface area contributed by atoms with Gasteiger partial charge in [-0.1, -0.05) is 31.4 Å². The van der Waals surface area contributed by atoms with Crippen LogP contribution in [0.5, 0.6) is 0 Å². The Hall–Kier alpha value is -2.31. The Balaban J connectivity index is 1.28. The lowest BCUT2D eigenvalue weighted by atomic mass is 9.90. The molecule has 2 aromatic heterocycles. The first-order valence-electron chi connectivity index (χ1n) is 11.9. The predicted molar refractivity (Wildman–Crippen MR) is 121 cm³/mol. The molecule has 1 aromatic carbocycles. The number of hydrogen-bond acceptors (Lipinski definition) is 6. The standard InChI is InChI=1S/C25H33N5O/c1-2-8-23(9-3-1)30-13-5-7-22(19-30)18-29(17-21-6-4-12-26-15-21)16-20-10-11-24-25(14-20)28-31-27-24/h4,6,10-12,14-15,22-23H,1-3,5,7-9,13,16-19H2/t22-/m0/s1. The van der Waals surface area contributed by atoms with E-state index in [4.69, 9.17) is 4.63 Å². The highest BCUT2D eigenvalue weighted by Crippen LogP contribution is 2.28. The third-order valence-corrected chi connectivity index (χ3v) is 7.01. The van der Waals surface area contributed by atoms with Crippen LogP contribution in [0.15, 0.2) is 47.4 Å². The van der Waals surface area contributed by atoms with Gasteiger partial charge in [0, 0.05) is 44.6 Å². The zero-order chi connectivity index (χ0) is 20.9. The number of piperidine rings is 1. The van der Waals surface area contributed by atoms with Gasteiger partial charge in [-0.2, -0.15) is 0 Å². The second-order valence-electron chi connectivity index (χ2n) is 9.41. The van der Waals surface area contributed by atoms with Gasteiger partial charge in [-0.15, -0.1) is 0 Å². The first-order valence-corrected chi connectivity index (χ1v) is 11.9. The Kier molecular flexibility index (Phi) is 6.56. The molecule has 5 rings (SSSR count). The summed E-state index contributed by atoms with van der Waals surface area (Å²) in [5.41, 5.74) is 4.18. The second-order valence-corrected chi connectivity index (χ2v) is 9.41. The Morgan fingerprint density at radius 2 is 1.81 bits per heavy atom. The Labute approximate surface area is 184 Å². The Morgan fingerprint density at radius 1 is 0.935 bits per heavy atom. The molecule has 1 saturated heterocycles. The summed E-state index contributed by atoms with van der Waals surface area (Å²) >= 11 is 0. The lowest BCUT2D eigenvalue weighted by molar-refractivity contribution is 0.0771. The number of fused-ring (bicyclic) bond motifs is 1. The number of likely N-dealkylation sites (tertiary alicyclic amines) is 1. The van der Waals surface area contributed by atoms with Crippen molar-refractivity contribution >= 4 is 11.0 Å². The monoisotopic (exact) mass is 419 g/mol. The van der Waals surface area contributed by atoms with Crippen molar-refractivity contribution in [3.05, 3.63) is 53.9 Å². The number of rotatable bonds is 7. The highest BCUT2D eigenvalue weighted by atomic mass is 16.6. The van der Waals surface area contributed by atoms with Crippen molar-refractivity contribution in [2.45, 2.75) is 64.1 Å². The van der Waals surface area contributed by atoms with Crippen LogP contribution in [-0.2, 0) is 13.1 Å². The van der Waals surface area contributed by atoms with Crippen LogP contribution in [0.1, 0.15) is 56.1 Å². The molecule has 0 bridgehead atoms. The van der Waals surface area contributed by atoms with E-state index in [0.717, 1.165) is 42.6 Å². The molecular formula is C25H33N5O. The summed E-state index contributed by atoms with van der Waals surface area (Å²) in [7, 11) is 0. The number of benzene rings is 1. The third kappa shape index (κ3) is 5.31. The molecule has 0 unspecified atom stereocenters. The van der Waals surface area contributed by atoms with E-state index < -0.39 is 0 Å². The van der Waals surface area contributed by atoms with Crippen LogP contribution in [0.4, 0.5) is 0 Å². The van der Waals surface area contributed by atoms with E-state index in [1.807, 2.05) is 24.5 Å². The molecule has 1 atom stereocenters. The molecule has 0 N–H and O–H groups in total. The van der Waals surface area contributed by atoms with Crippen LogP contribution >= 0.6 is 0 Å². The summed E-state index contributed by atoms with van der Waals surface area (Å²) in [5, 5.41) is 7.97. The molecule has 6 heteroatoms. The minimum absolute atomic E-state index is 0.727. The summed E-state index contributed by atoms with van der Waals surface area (Å²) in [6, 6.07) is 11.3. The van der Waals surface area contributed by atoms with Crippen molar-refractivity contribution in [3.8, 4) is 0 Å². The maximum absolute atomic E-state index is 4.88. The fourth-order valence-corrected chi connectivity index (χ4v) is 5.51. The van der Waals surface area contributed by atoms with E-state index in [-0.39, 0.29) is 0 Å². The average Bonchev–Trinajstić information content (AvgIpc) is 3.28. The highest BCUT2D eigenvalue weighted by Gasteiger charge is 2.28. The van der Waals surface area contributed by atoms with Gasteiger partial charge in [-0.3, -0.25) is 9.88 Å². The Morgan fingerprint density at radius 3 is 2.68 bits per heavy atom. The minimum Gasteiger partial charge on any atom is -0.300 e. The van der Waals surface area contributed by atoms with Crippen LogP contribution in [0.25, 0.3) is 11.0 Å². The predicted octanol–water partition coefficient (Wildman–Crippen LogP) is 4.66. The lowest BCUT2D eigenvalue weighted by Crippen LogP contribution is -2.46. The van der Waals surface area contributed by atoms with E-state index in [9.17, 15) is 0 Å². The van der Waals surface area contributed by atoms with Gasteiger partial charge in [-0.05, 0) is 77.8 Å². The molecule has 0 radical (unpaired) electrons. The largest absolute Gasteiger partial charge is 0.300 e. The van der Waals surface area contributed by atoms with Crippen LogP contribution in [0.2, 0.25) is 0 Å². The lowest BCUT2D eigenvalue weighted by Gasteiger charge is -2.41. The summed E-state index contributed by atoms with van der Waals surface area (Å²) in [5.74, 6) is 0.727. The fraction of sp³-hybridized carbons (Fsp3) is 0.560. The minimum atomic E-state index is 0.727. The van der Waals surface area contributed by atoms with Crippen molar-refractivity contribution in [1.29, 1.82) is 0 Å². The van der Waals surface area contributed by atoms with Gasteiger partial charge in [0.1, 0.15) is 11.0 Å². The molecule has 164 valence electrons. The number of aromatic nitrogens is 3. The Bertz CT molecular complexity index is 953. The zero-order valence-electron chi connectivity index (χ0n) is 18.3. The molecular weight excluding hydrogens is 386 g/mol. The van der Waals surface area contributed by atoms with Crippen LogP contribution in [0, 0.1) is 5.92 Å². The van der Waals surface area contributed by atoms with Crippen molar-refractivity contribution in [3.63, 3.8) is 0 Å². The SMILES string of the molecule is c1cncc(CN(Cc2ccc3nonc3c2)C[C@@H]2CCCN(C3CCCCC3)C2)c1. The molecule has 3 heterocycles. The quantitative estimate of drug-likeness (QED) is 0.555. The summed E-state index contributed by atoms with van der Waals surface area (Å²) < 4.78 is 4.88. The topological polar surface area (TPSA) is 58.3 Å². The van der Waals surface area contributed by atoms with Gasteiger partial charge >= 0.3 is 0 Å². The average molecular weight is 420 g/mol. The van der Waals surface area contributed by atoms with Gasteiger partial charge in [-0.25, -0.2) is 4.63 Å². The van der Waals surface area contributed by atoms with E-state index in [0.29, 0.717) is 0 Å². The molecule has 0 spiro atoms. The normalized spacial score (nSPS) is 21.1. The van der Waals surface area contributed by atoms with Crippen molar-refractivity contribution in [2.24, 2.45) is 5.92 Å². The summed E-state index contributed by atoms with van der Waals surface area (Å²) in [6.45, 7) is 5.48. The van der Waals surface area contributed by atoms with E-state index in [1.54, 1.807) is 0 Å². The summed E-state index contributed by atoms with van der Waals surface area (Å²) in [4.78, 5) is 9.73. The maximum atomic E-state index is 4.88. The maximum Gasteiger partial charge on any atom is 0.135 e. The zero-order valence-corrected chi connectivity index (χ0v) is 18.3. The molecule has 2 aliphatic rings. The van der Waals surface area contributed by atoms with E-state index >= 15 is 0 Å². The molecule has 1 saturated carbocycles. The van der Waals surface area contributed by atoms with Crippen molar-refractivity contribution in [1.82, 2.24) is 25.1 Å². The molecule has 31 heavy (non-hydrogen) atoms. The van der Waals surface area contributed by atoms with Gasteiger partial charge in [0.2, 0.25) is 0 Å². The molecule has 2 fully saturated rings. The van der Waals surface area contributed by atoms with Gasteiger partial charge in [0.25, 0.3) is 0 Å². The number of nitrogens with zero attached hydrogens (tertiary/aromatic N) is 5. The summed E-state index contributed by atoms with van der Waals surface area (Å²) in [6.07, 6.45) is 13.6. The van der Waals surface area contributed by atoms with Crippen molar-refractivity contribution < 1.29 is 4.63 Å². The van der Waals surface area contributed by atoms with Crippen LogP contribution in [-0.4, -0.2) is 50.8 Å². The molecule has 1 aliphatic heterocycles. The molecule has 1 aliphatic carbocycles. The van der Waals surface area contributed by atoms with E-state index in [1.165, 1.54) is 69.2 Å². The second kappa shape index (κ2) is 9.88. The first-order chi connectivity index (χ1) is 15.3. The smallest absolute Gasteiger partial charge is 0.135 e. The van der Waals surface area contributed by atoms with Crippen LogP contribution < -0.4 is 0 Å². The fourth-order valence-electron chi connectivity index (χ4n) is 5.51. The van der Waals surface area contributed by atoms with Gasteiger partial charge < -0.3 is 4.90 Å². The molecule has 0 amide bonds. The van der Waals surface area contributed by atoms with E-state index in [2.05, 4.69) is 43.3 Å². The van der Waals surface area contributed by atoms with Gasteiger partial charge in [0.15, 0.2) is 0 Å². The number of pyridine rings is 1. The van der Waals surface area contributed by atoms with Crippen molar-refractivity contribution in [2.75, 3.05) is 19.6 Å². The number of hydrogen-bond donors (Lipinski definition) is 0. The van der Waals surface area contributed by atoms with Crippen LogP contribution in [0.3, 0.4) is 0 Å². The first kappa shape index (κ1) is 20.6. The third-order valence-electron chi connectivity index (χ3n) is 7.01. The molecule has 3 aromatic rings. The van der Waals surface area contributed by atoms with Gasteiger partial charge in [0.05, 0.1) is 0 Å². The highest BCUT2D eigenvalue weighted by molar-refractivity contribution is 5.73. The molecule has 6 nitrogen and oxygen atoms in total.